The zero-order chi connectivity index (χ0) is 21.5. The van der Waals surface area contributed by atoms with E-state index < -0.39 is 0 Å². The third kappa shape index (κ3) is 3.31. The molecule has 3 heterocycles. The molecule has 7 heteroatoms. The zero-order valence-corrected chi connectivity index (χ0v) is 17.9. The van der Waals surface area contributed by atoms with Crippen molar-refractivity contribution < 1.29 is 4.79 Å². The molecule has 0 radical (unpaired) electrons. The lowest BCUT2D eigenvalue weighted by Crippen LogP contribution is -2.39. The van der Waals surface area contributed by atoms with Crippen molar-refractivity contribution in [1.82, 2.24) is 14.9 Å². The van der Waals surface area contributed by atoms with Crippen molar-refractivity contribution in [3.63, 3.8) is 0 Å². The van der Waals surface area contributed by atoms with Crippen molar-refractivity contribution in [2.75, 3.05) is 0 Å². The summed E-state index contributed by atoms with van der Waals surface area (Å²) in [5.41, 5.74) is 5.31. The number of aromatic nitrogens is 2. The van der Waals surface area contributed by atoms with Crippen LogP contribution in [-0.2, 0) is 7.05 Å². The maximum absolute atomic E-state index is 12.3. The predicted octanol–water partition coefficient (Wildman–Crippen LogP) is 5.18. The molecule has 1 N–H and O–H groups in total. The van der Waals surface area contributed by atoms with Crippen LogP contribution in [0.1, 0.15) is 35.1 Å². The highest BCUT2D eigenvalue weighted by Gasteiger charge is 2.36. The van der Waals surface area contributed by atoms with Gasteiger partial charge in [0.15, 0.2) is 0 Å². The molecule has 0 aliphatic carbocycles. The number of para-hydroxylation sites is 1. The first-order valence-electron chi connectivity index (χ1n) is 9.91. The fourth-order valence-corrected chi connectivity index (χ4v) is 5.20. The normalized spacial score (nSPS) is 18.5. The number of fused-ring (bicyclic) bond motifs is 1. The molecule has 0 saturated carbocycles. The van der Waals surface area contributed by atoms with Crippen LogP contribution >= 0.6 is 11.3 Å². The highest BCUT2D eigenvalue weighted by Crippen LogP contribution is 2.39. The summed E-state index contributed by atoms with van der Waals surface area (Å²) in [6.07, 6.45) is 0. The first-order valence-corrected chi connectivity index (χ1v) is 10.8. The number of carbonyl (C=O) groups is 1. The molecule has 2 atom stereocenters. The average molecular weight is 426 g/mol. The average Bonchev–Trinajstić information content (AvgIpc) is 3.39. The Hall–Kier alpha value is -3.76. The lowest BCUT2D eigenvalue weighted by molar-refractivity contribution is 0.242. The second-order valence-electron chi connectivity index (χ2n) is 7.61. The van der Waals surface area contributed by atoms with Crippen LogP contribution in [0.3, 0.4) is 0 Å². The van der Waals surface area contributed by atoms with Crippen molar-refractivity contribution in [3.8, 4) is 17.3 Å². The van der Waals surface area contributed by atoms with Gasteiger partial charge < -0.3 is 9.88 Å². The van der Waals surface area contributed by atoms with Crippen LogP contribution in [0.4, 0.5) is 4.79 Å². The molecule has 31 heavy (non-hydrogen) atoms. The lowest BCUT2D eigenvalue weighted by atomic mass is 9.91. The van der Waals surface area contributed by atoms with Crippen molar-refractivity contribution in [3.05, 3.63) is 76.2 Å². The van der Waals surface area contributed by atoms with Gasteiger partial charge in [0.05, 0.1) is 29.3 Å². The molecule has 0 saturated heterocycles. The number of hydrogen-bond acceptors (Lipinski definition) is 4. The highest BCUT2D eigenvalue weighted by molar-refractivity contribution is 7.10. The van der Waals surface area contributed by atoms with E-state index in [-0.39, 0.29) is 18.0 Å². The van der Waals surface area contributed by atoms with E-state index in [1.165, 1.54) is 0 Å². The van der Waals surface area contributed by atoms with Crippen LogP contribution in [0.25, 0.3) is 22.2 Å². The summed E-state index contributed by atoms with van der Waals surface area (Å²) in [5.74, 6) is -0.155. The third-order valence-corrected chi connectivity index (χ3v) is 6.67. The largest absolute Gasteiger partial charge is 0.346 e. The predicted molar refractivity (Wildman–Crippen MR) is 122 cm³/mol. The van der Waals surface area contributed by atoms with Gasteiger partial charge in [0.25, 0.3) is 0 Å². The second-order valence-corrected chi connectivity index (χ2v) is 8.49. The smallest absolute Gasteiger partial charge is 0.341 e. The van der Waals surface area contributed by atoms with Crippen molar-refractivity contribution in [1.29, 1.82) is 5.26 Å². The van der Waals surface area contributed by atoms with Crippen LogP contribution in [0.15, 0.2) is 65.0 Å². The van der Waals surface area contributed by atoms with Gasteiger partial charge in [0, 0.05) is 34.9 Å². The zero-order valence-electron chi connectivity index (χ0n) is 17.0. The third-order valence-electron chi connectivity index (χ3n) is 5.75. The van der Waals surface area contributed by atoms with Gasteiger partial charge in [-0.1, -0.05) is 30.3 Å². The van der Waals surface area contributed by atoms with E-state index in [9.17, 15) is 4.79 Å². The molecule has 5 rings (SSSR count). The molecule has 1 aliphatic rings. The quantitative estimate of drug-likeness (QED) is 0.491. The Labute approximate surface area is 183 Å². The Morgan fingerprint density at radius 2 is 1.94 bits per heavy atom. The van der Waals surface area contributed by atoms with E-state index in [1.54, 1.807) is 23.5 Å². The number of thiazole rings is 1. The second kappa shape index (κ2) is 7.49. The van der Waals surface area contributed by atoms with E-state index >= 15 is 0 Å². The van der Waals surface area contributed by atoms with Crippen LogP contribution in [0, 0.1) is 11.3 Å². The van der Waals surface area contributed by atoms with E-state index in [1.807, 2.05) is 43.6 Å². The number of hydrogen-bond donors (Lipinski definition) is 1. The Balaban J connectivity index is 1.57. The lowest BCUT2D eigenvalue weighted by Gasteiger charge is -2.30. The molecule has 2 unspecified atom stereocenters. The highest BCUT2D eigenvalue weighted by atomic mass is 32.1. The summed E-state index contributed by atoms with van der Waals surface area (Å²) < 4.78 is 2.13. The Bertz CT molecular complexity index is 1370. The molecule has 2 aromatic carbocycles. The van der Waals surface area contributed by atoms with E-state index in [0.717, 1.165) is 38.6 Å². The number of nitrogens with zero attached hydrogens (tertiary/aromatic N) is 4. The summed E-state index contributed by atoms with van der Waals surface area (Å²) in [6.45, 7) is 1.89. The van der Waals surface area contributed by atoms with Crippen molar-refractivity contribution in [2.45, 2.75) is 18.9 Å². The Morgan fingerprint density at radius 3 is 2.68 bits per heavy atom. The molecule has 0 spiro atoms. The number of aliphatic imine (C=N–C) groups is 1. The molecule has 0 bridgehead atoms. The van der Waals surface area contributed by atoms with Crippen molar-refractivity contribution >= 4 is 34.0 Å². The summed E-state index contributed by atoms with van der Waals surface area (Å²) in [5, 5.41) is 16.1. The van der Waals surface area contributed by atoms with Gasteiger partial charge in [-0.05, 0) is 36.6 Å². The van der Waals surface area contributed by atoms with Gasteiger partial charge in [-0.2, -0.15) is 5.26 Å². The fourth-order valence-electron chi connectivity index (χ4n) is 4.17. The van der Waals surface area contributed by atoms with E-state index in [2.05, 4.69) is 39.1 Å². The summed E-state index contributed by atoms with van der Waals surface area (Å²) in [7, 11) is 2.02. The maximum Gasteiger partial charge on any atom is 0.341 e. The van der Waals surface area contributed by atoms with Crippen LogP contribution < -0.4 is 5.32 Å². The first kappa shape index (κ1) is 19.2. The van der Waals surface area contributed by atoms with Crippen LogP contribution in [0.2, 0.25) is 0 Å². The van der Waals surface area contributed by atoms with Gasteiger partial charge in [0.2, 0.25) is 0 Å². The van der Waals surface area contributed by atoms with Gasteiger partial charge in [0.1, 0.15) is 5.01 Å². The molecular weight excluding hydrogens is 406 g/mol. The van der Waals surface area contributed by atoms with Gasteiger partial charge in [-0.15, -0.1) is 11.3 Å². The molecule has 2 amide bonds. The number of amides is 2. The summed E-state index contributed by atoms with van der Waals surface area (Å²) in [4.78, 5) is 21.4. The van der Waals surface area contributed by atoms with E-state index in [0.29, 0.717) is 5.56 Å². The Kier molecular flexibility index (Phi) is 4.64. The fraction of sp³-hybridized carbons (Fsp3) is 0.167. The minimum Gasteiger partial charge on any atom is -0.346 e. The number of nitriles is 1. The molecule has 0 fully saturated rings. The summed E-state index contributed by atoms with van der Waals surface area (Å²) >= 11 is 1.56. The van der Waals surface area contributed by atoms with Gasteiger partial charge in [-0.3, -0.25) is 0 Å². The molecule has 152 valence electrons. The number of urea groups is 1. The number of rotatable bonds is 3. The maximum atomic E-state index is 12.3. The van der Waals surface area contributed by atoms with Crippen molar-refractivity contribution in [2.24, 2.45) is 12.0 Å². The minimum atomic E-state index is -0.326. The minimum absolute atomic E-state index is 0.155. The SMILES string of the molecule is CC1=NC(=O)NC(c2cc3ccccc3n2C)C1c1nc(-c2ccc(C#N)cc2)cs1. The topological polar surface area (TPSA) is 83.1 Å². The van der Waals surface area contributed by atoms with Crippen LogP contribution in [-0.4, -0.2) is 21.3 Å². The first-order chi connectivity index (χ1) is 15.0. The molecule has 1 aliphatic heterocycles. The Morgan fingerprint density at radius 1 is 1.16 bits per heavy atom. The molecular formula is C24H19N5OS. The molecule has 4 aromatic rings. The monoisotopic (exact) mass is 425 g/mol. The standard InChI is InChI=1S/C24H19N5OS/c1-14-21(23-27-18(13-31-23)16-9-7-15(12-25)8-10-16)22(28-24(30)26-14)20-11-17-5-3-4-6-19(17)29(20)2/h3-11,13,21-22H,1-2H3,(H,28,30). The number of benzene rings is 2. The number of carbonyl (C=O) groups excluding carboxylic acids is 1. The number of aryl methyl sites for hydroxylation is 1. The van der Waals surface area contributed by atoms with Gasteiger partial charge in [-0.25, -0.2) is 14.8 Å². The molecule has 6 nitrogen and oxygen atoms in total. The van der Waals surface area contributed by atoms with E-state index in [4.69, 9.17) is 10.2 Å². The molecule has 2 aromatic heterocycles. The number of nitrogens with one attached hydrogen (secondary N) is 1. The summed E-state index contributed by atoms with van der Waals surface area (Å²) in [6, 6.07) is 19.2. The van der Waals surface area contributed by atoms with Gasteiger partial charge >= 0.3 is 6.03 Å². The van der Waals surface area contributed by atoms with Crippen LogP contribution in [0.5, 0.6) is 0 Å².